The predicted molar refractivity (Wildman–Crippen MR) is 92.5 cm³/mol. The van der Waals surface area contributed by atoms with Gasteiger partial charge in [0.1, 0.15) is 0 Å². The molecule has 0 unspecified atom stereocenters. The minimum Gasteiger partial charge on any atom is -0.396 e. The van der Waals surface area contributed by atoms with E-state index >= 15 is 0 Å². The lowest BCUT2D eigenvalue weighted by molar-refractivity contribution is -0.130. The second-order valence-electron chi connectivity index (χ2n) is 7.39. The second kappa shape index (κ2) is 8.12. The topological polar surface area (TPSA) is 61.6 Å². The lowest BCUT2D eigenvalue weighted by Crippen LogP contribution is -2.37. The Hall–Kier alpha value is -1.40. The smallest absolute Gasteiger partial charge is 0.224 e. The van der Waals surface area contributed by atoms with Gasteiger partial charge in [-0.25, -0.2) is 0 Å². The molecular formula is C18H30N4O2. The van der Waals surface area contributed by atoms with Gasteiger partial charge in [0.15, 0.2) is 0 Å². The number of hydrogen-bond donors (Lipinski definition) is 1. The molecule has 2 saturated heterocycles. The molecule has 0 spiro atoms. The summed E-state index contributed by atoms with van der Waals surface area (Å²) in [7, 11) is 0. The summed E-state index contributed by atoms with van der Waals surface area (Å²) in [6.45, 7) is 7.66. The minimum absolute atomic E-state index is 0.181. The molecule has 2 fully saturated rings. The van der Waals surface area contributed by atoms with E-state index in [2.05, 4.69) is 10.00 Å². The summed E-state index contributed by atoms with van der Waals surface area (Å²) < 4.78 is 1.83. The van der Waals surface area contributed by atoms with Crippen LogP contribution >= 0.6 is 0 Å². The lowest BCUT2D eigenvalue weighted by atomic mass is 9.95. The standard InChI is InChI=1S/C18H30N4O2/c1-15-9-19-22(10-15)8-5-18(24)21-12-16(17(13-21)14-23)11-20-6-3-2-4-7-20/h9-10,16-17,23H,2-8,11-14H2,1H3/t16-,17-/m0/s1. The normalized spacial score (nSPS) is 25.3. The Balaban J connectivity index is 1.49. The van der Waals surface area contributed by atoms with Crippen LogP contribution in [0.1, 0.15) is 31.2 Å². The molecule has 24 heavy (non-hydrogen) atoms. The highest BCUT2D eigenvalue weighted by atomic mass is 16.3. The van der Waals surface area contributed by atoms with E-state index in [1.807, 2.05) is 28.9 Å². The molecular weight excluding hydrogens is 304 g/mol. The third-order valence-electron chi connectivity index (χ3n) is 5.42. The number of aliphatic hydroxyl groups is 1. The molecule has 3 heterocycles. The molecule has 134 valence electrons. The molecule has 3 rings (SSSR count). The molecule has 2 atom stereocenters. The Bertz CT molecular complexity index is 539. The Morgan fingerprint density at radius 3 is 2.67 bits per heavy atom. The van der Waals surface area contributed by atoms with E-state index in [9.17, 15) is 9.90 Å². The number of hydrogen-bond acceptors (Lipinski definition) is 4. The highest BCUT2D eigenvalue weighted by Crippen LogP contribution is 2.26. The fraction of sp³-hybridized carbons (Fsp3) is 0.778. The van der Waals surface area contributed by atoms with E-state index in [0.717, 1.165) is 18.7 Å². The van der Waals surface area contributed by atoms with Crippen molar-refractivity contribution in [3.8, 4) is 0 Å². The van der Waals surface area contributed by atoms with Gasteiger partial charge in [-0.3, -0.25) is 9.48 Å². The number of carbonyl (C=O) groups is 1. The van der Waals surface area contributed by atoms with E-state index in [1.165, 1.54) is 32.4 Å². The average Bonchev–Trinajstić information content (AvgIpc) is 3.19. The minimum atomic E-state index is 0.181. The number of aliphatic hydroxyl groups excluding tert-OH is 1. The molecule has 0 aromatic carbocycles. The molecule has 1 aromatic rings. The number of likely N-dealkylation sites (tertiary alicyclic amines) is 2. The zero-order valence-corrected chi connectivity index (χ0v) is 14.7. The van der Waals surface area contributed by atoms with Crippen LogP contribution in [-0.2, 0) is 11.3 Å². The van der Waals surface area contributed by atoms with Crippen molar-refractivity contribution in [3.63, 3.8) is 0 Å². The summed E-state index contributed by atoms with van der Waals surface area (Å²) in [5, 5.41) is 13.9. The molecule has 0 aliphatic carbocycles. The molecule has 6 nitrogen and oxygen atoms in total. The van der Waals surface area contributed by atoms with Crippen molar-refractivity contribution in [2.75, 3.05) is 39.3 Å². The molecule has 2 aliphatic rings. The van der Waals surface area contributed by atoms with Crippen molar-refractivity contribution in [2.45, 2.75) is 39.2 Å². The SMILES string of the molecule is Cc1cnn(CCC(=O)N2C[C@@H](CO)[C@@H](CN3CCCCC3)C2)c1. The van der Waals surface area contributed by atoms with E-state index < -0.39 is 0 Å². The molecule has 1 N–H and O–H groups in total. The second-order valence-corrected chi connectivity index (χ2v) is 7.39. The fourth-order valence-corrected chi connectivity index (χ4v) is 3.99. The summed E-state index contributed by atoms with van der Waals surface area (Å²) in [6, 6.07) is 0. The van der Waals surface area contributed by atoms with Crippen LogP contribution < -0.4 is 0 Å². The quantitative estimate of drug-likeness (QED) is 0.847. The molecule has 0 bridgehead atoms. The summed E-state index contributed by atoms with van der Waals surface area (Å²) in [5.74, 6) is 0.814. The Labute approximate surface area is 144 Å². The molecule has 0 saturated carbocycles. The molecule has 0 radical (unpaired) electrons. The van der Waals surface area contributed by atoms with Gasteiger partial charge in [0.25, 0.3) is 0 Å². The average molecular weight is 334 g/mol. The van der Waals surface area contributed by atoms with Crippen molar-refractivity contribution in [3.05, 3.63) is 18.0 Å². The number of carbonyl (C=O) groups excluding carboxylic acids is 1. The van der Waals surface area contributed by atoms with Crippen LogP contribution in [0.25, 0.3) is 0 Å². The van der Waals surface area contributed by atoms with E-state index in [0.29, 0.717) is 25.4 Å². The van der Waals surface area contributed by atoms with Gasteiger partial charge in [0.05, 0.1) is 6.20 Å². The van der Waals surface area contributed by atoms with E-state index in [-0.39, 0.29) is 18.4 Å². The van der Waals surface area contributed by atoms with E-state index in [1.54, 1.807) is 0 Å². The van der Waals surface area contributed by atoms with Gasteiger partial charge in [-0.15, -0.1) is 0 Å². The van der Waals surface area contributed by atoms with E-state index in [4.69, 9.17) is 0 Å². The monoisotopic (exact) mass is 334 g/mol. The van der Waals surface area contributed by atoms with Gasteiger partial charge in [0.2, 0.25) is 5.91 Å². The summed E-state index contributed by atoms with van der Waals surface area (Å²) in [6.07, 6.45) is 8.16. The van der Waals surface area contributed by atoms with Gasteiger partial charge < -0.3 is 14.9 Å². The third kappa shape index (κ3) is 4.36. The van der Waals surface area contributed by atoms with Gasteiger partial charge in [-0.1, -0.05) is 6.42 Å². The van der Waals surface area contributed by atoms with Gasteiger partial charge in [0, 0.05) is 51.3 Å². The Morgan fingerprint density at radius 2 is 2.00 bits per heavy atom. The van der Waals surface area contributed by atoms with Crippen LogP contribution in [0.2, 0.25) is 0 Å². The van der Waals surface area contributed by atoms with Gasteiger partial charge >= 0.3 is 0 Å². The first-order valence-electron chi connectivity index (χ1n) is 9.25. The summed E-state index contributed by atoms with van der Waals surface area (Å²) in [5.41, 5.74) is 1.12. The first kappa shape index (κ1) is 17.4. The van der Waals surface area contributed by atoms with Crippen molar-refractivity contribution >= 4 is 5.91 Å². The maximum Gasteiger partial charge on any atom is 0.224 e. The molecule has 1 aromatic heterocycles. The zero-order valence-electron chi connectivity index (χ0n) is 14.7. The third-order valence-corrected chi connectivity index (χ3v) is 5.42. The van der Waals surface area contributed by atoms with Crippen molar-refractivity contribution in [1.82, 2.24) is 19.6 Å². The Morgan fingerprint density at radius 1 is 1.25 bits per heavy atom. The van der Waals surface area contributed by atoms with Crippen LogP contribution in [0.15, 0.2) is 12.4 Å². The molecule has 1 amide bonds. The number of piperidine rings is 1. The van der Waals surface area contributed by atoms with Crippen molar-refractivity contribution < 1.29 is 9.90 Å². The fourth-order valence-electron chi connectivity index (χ4n) is 3.99. The largest absolute Gasteiger partial charge is 0.396 e. The van der Waals surface area contributed by atoms with Gasteiger partial charge in [-0.05, 0) is 44.3 Å². The number of amides is 1. The van der Waals surface area contributed by atoms with Crippen molar-refractivity contribution in [1.29, 1.82) is 0 Å². The first-order valence-corrected chi connectivity index (χ1v) is 9.25. The van der Waals surface area contributed by atoms with Crippen LogP contribution in [0.5, 0.6) is 0 Å². The maximum atomic E-state index is 12.5. The van der Waals surface area contributed by atoms with Crippen LogP contribution in [0.4, 0.5) is 0 Å². The number of aromatic nitrogens is 2. The maximum absolute atomic E-state index is 12.5. The molecule has 2 aliphatic heterocycles. The van der Waals surface area contributed by atoms with Gasteiger partial charge in [-0.2, -0.15) is 5.10 Å². The highest BCUT2D eigenvalue weighted by Gasteiger charge is 2.35. The van der Waals surface area contributed by atoms with Crippen LogP contribution in [0.3, 0.4) is 0 Å². The predicted octanol–water partition coefficient (Wildman–Crippen LogP) is 1.13. The molecule has 6 heteroatoms. The number of rotatable bonds is 6. The van der Waals surface area contributed by atoms with Crippen LogP contribution in [0, 0.1) is 18.8 Å². The highest BCUT2D eigenvalue weighted by molar-refractivity contribution is 5.76. The Kier molecular flexibility index (Phi) is 5.89. The number of nitrogens with zero attached hydrogens (tertiary/aromatic N) is 4. The summed E-state index contributed by atoms with van der Waals surface area (Å²) in [4.78, 5) is 17.0. The lowest BCUT2D eigenvalue weighted by Gasteiger charge is -2.30. The first-order chi connectivity index (χ1) is 11.7. The summed E-state index contributed by atoms with van der Waals surface area (Å²) >= 11 is 0. The van der Waals surface area contributed by atoms with Crippen molar-refractivity contribution in [2.24, 2.45) is 11.8 Å². The zero-order chi connectivity index (χ0) is 16.9. The number of aryl methyl sites for hydroxylation is 2. The van der Waals surface area contributed by atoms with Crippen LogP contribution in [-0.4, -0.2) is 69.9 Å².